The number of nitrogens with two attached hydrogens (primary N) is 2. The van der Waals surface area contributed by atoms with Gasteiger partial charge in [0.2, 0.25) is 0 Å². The summed E-state index contributed by atoms with van der Waals surface area (Å²) >= 11 is 0. The molecule has 0 atom stereocenters. The molecule has 0 bridgehead atoms. The number of rotatable bonds is 11. The highest BCUT2D eigenvalue weighted by atomic mass is 15.0. The zero-order chi connectivity index (χ0) is 12.9. The van der Waals surface area contributed by atoms with Crippen LogP contribution in [0.5, 0.6) is 0 Å². The lowest BCUT2D eigenvalue weighted by molar-refractivity contribution is 0.401. The second-order valence-corrected chi connectivity index (χ2v) is 6.60. The van der Waals surface area contributed by atoms with Gasteiger partial charge in [0, 0.05) is 5.54 Å². The standard InChI is InChI=1S/C15H31N3/c16-11-9-14(5-6-14)4-2-1-3-13-18-15(7-8-15)10-12-17/h18H,1-13,16-17H2. The van der Waals surface area contributed by atoms with Crippen molar-refractivity contribution in [2.24, 2.45) is 16.9 Å². The zero-order valence-electron chi connectivity index (χ0n) is 11.8. The molecule has 0 heterocycles. The molecule has 0 aromatic heterocycles. The first-order valence-corrected chi connectivity index (χ1v) is 7.89. The fraction of sp³-hybridized carbons (Fsp3) is 1.00. The van der Waals surface area contributed by atoms with Crippen LogP contribution in [0.1, 0.15) is 64.2 Å². The minimum atomic E-state index is 0.450. The quantitative estimate of drug-likeness (QED) is 0.494. The van der Waals surface area contributed by atoms with E-state index in [0.29, 0.717) is 11.0 Å². The van der Waals surface area contributed by atoms with Crippen molar-refractivity contribution in [1.29, 1.82) is 0 Å². The van der Waals surface area contributed by atoms with Gasteiger partial charge in [0.1, 0.15) is 0 Å². The predicted molar refractivity (Wildman–Crippen MR) is 77.4 cm³/mol. The molecule has 2 fully saturated rings. The van der Waals surface area contributed by atoms with Gasteiger partial charge in [-0.3, -0.25) is 0 Å². The minimum absolute atomic E-state index is 0.450. The van der Waals surface area contributed by atoms with Crippen LogP contribution in [-0.2, 0) is 0 Å². The Morgan fingerprint density at radius 2 is 1.50 bits per heavy atom. The van der Waals surface area contributed by atoms with E-state index in [-0.39, 0.29) is 0 Å². The van der Waals surface area contributed by atoms with Crippen LogP contribution in [0.25, 0.3) is 0 Å². The van der Waals surface area contributed by atoms with Gasteiger partial charge in [0.05, 0.1) is 0 Å². The van der Waals surface area contributed by atoms with E-state index in [4.69, 9.17) is 11.5 Å². The van der Waals surface area contributed by atoms with Crippen molar-refractivity contribution in [3.8, 4) is 0 Å². The van der Waals surface area contributed by atoms with Crippen molar-refractivity contribution in [2.45, 2.75) is 69.7 Å². The summed E-state index contributed by atoms with van der Waals surface area (Å²) in [5.41, 5.74) is 12.4. The number of hydrogen-bond acceptors (Lipinski definition) is 3. The normalized spacial score (nSPS) is 23.0. The van der Waals surface area contributed by atoms with E-state index in [9.17, 15) is 0 Å². The lowest BCUT2D eigenvalue weighted by Gasteiger charge is -2.17. The number of nitrogens with one attached hydrogen (secondary N) is 1. The van der Waals surface area contributed by atoms with Crippen LogP contribution in [0, 0.1) is 5.41 Å². The third kappa shape index (κ3) is 4.22. The molecule has 0 spiro atoms. The molecule has 2 aliphatic carbocycles. The highest BCUT2D eigenvalue weighted by Crippen LogP contribution is 2.52. The second-order valence-electron chi connectivity index (χ2n) is 6.60. The van der Waals surface area contributed by atoms with Crippen LogP contribution in [0.4, 0.5) is 0 Å². The van der Waals surface area contributed by atoms with Crippen molar-refractivity contribution < 1.29 is 0 Å². The minimum Gasteiger partial charge on any atom is -0.330 e. The highest BCUT2D eigenvalue weighted by molar-refractivity contribution is 5.01. The van der Waals surface area contributed by atoms with E-state index in [1.807, 2.05) is 0 Å². The van der Waals surface area contributed by atoms with Gasteiger partial charge >= 0.3 is 0 Å². The van der Waals surface area contributed by atoms with Crippen molar-refractivity contribution in [1.82, 2.24) is 5.32 Å². The van der Waals surface area contributed by atoms with E-state index >= 15 is 0 Å². The Kier molecular flexibility index (Phi) is 5.05. The molecule has 0 unspecified atom stereocenters. The molecule has 0 radical (unpaired) electrons. The predicted octanol–water partition coefficient (Wildman–Crippen LogP) is 2.15. The molecule has 2 aliphatic rings. The molecule has 3 nitrogen and oxygen atoms in total. The zero-order valence-corrected chi connectivity index (χ0v) is 11.8. The van der Waals surface area contributed by atoms with Crippen LogP contribution in [0.15, 0.2) is 0 Å². The summed E-state index contributed by atoms with van der Waals surface area (Å²) in [6.07, 6.45) is 13.5. The first-order chi connectivity index (χ1) is 8.74. The molecule has 0 aromatic carbocycles. The first kappa shape index (κ1) is 14.3. The van der Waals surface area contributed by atoms with Gasteiger partial charge in [-0.15, -0.1) is 0 Å². The maximum absolute atomic E-state index is 5.67. The van der Waals surface area contributed by atoms with Crippen molar-refractivity contribution in [3.63, 3.8) is 0 Å². The molecular formula is C15H31N3. The molecule has 2 saturated carbocycles. The summed E-state index contributed by atoms with van der Waals surface area (Å²) in [6.45, 7) is 2.89. The topological polar surface area (TPSA) is 64.1 Å². The van der Waals surface area contributed by atoms with E-state index in [2.05, 4.69) is 5.32 Å². The van der Waals surface area contributed by atoms with Gasteiger partial charge in [0.25, 0.3) is 0 Å². The summed E-state index contributed by atoms with van der Waals surface area (Å²) in [4.78, 5) is 0. The molecule has 0 amide bonds. The molecule has 0 saturated heterocycles. The van der Waals surface area contributed by atoms with Gasteiger partial charge in [-0.25, -0.2) is 0 Å². The Bertz CT molecular complexity index is 218. The summed E-state index contributed by atoms with van der Waals surface area (Å²) in [7, 11) is 0. The first-order valence-electron chi connectivity index (χ1n) is 7.89. The fourth-order valence-corrected chi connectivity index (χ4v) is 3.21. The van der Waals surface area contributed by atoms with E-state index in [1.165, 1.54) is 64.3 Å². The molecule has 2 rings (SSSR count). The Labute approximate surface area is 112 Å². The maximum Gasteiger partial charge on any atom is 0.0194 e. The Balaban J connectivity index is 1.45. The number of hydrogen-bond donors (Lipinski definition) is 3. The highest BCUT2D eigenvalue weighted by Gasteiger charge is 2.41. The second kappa shape index (κ2) is 6.36. The smallest absolute Gasteiger partial charge is 0.0194 e. The summed E-state index contributed by atoms with van der Waals surface area (Å²) < 4.78 is 0. The monoisotopic (exact) mass is 253 g/mol. The van der Waals surface area contributed by atoms with Gasteiger partial charge in [-0.05, 0) is 76.4 Å². The molecule has 0 aromatic rings. The average Bonchev–Trinajstić information content (AvgIpc) is 3.24. The molecule has 0 aliphatic heterocycles. The molecule has 18 heavy (non-hydrogen) atoms. The largest absolute Gasteiger partial charge is 0.330 e. The Hall–Kier alpha value is -0.120. The van der Waals surface area contributed by atoms with Crippen LogP contribution in [0.3, 0.4) is 0 Å². The lowest BCUT2D eigenvalue weighted by atomic mass is 9.95. The Morgan fingerprint density at radius 3 is 2.06 bits per heavy atom. The van der Waals surface area contributed by atoms with Gasteiger partial charge in [0.15, 0.2) is 0 Å². The van der Waals surface area contributed by atoms with Crippen LogP contribution in [0.2, 0.25) is 0 Å². The average molecular weight is 253 g/mol. The maximum atomic E-state index is 5.67. The molecule has 5 N–H and O–H groups in total. The summed E-state index contributed by atoms with van der Waals surface area (Å²) in [5, 5.41) is 3.71. The molecule has 3 heteroatoms. The van der Waals surface area contributed by atoms with Gasteiger partial charge < -0.3 is 16.8 Å². The van der Waals surface area contributed by atoms with Crippen LogP contribution in [-0.4, -0.2) is 25.2 Å². The van der Waals surface area contributed by atoms with Crippen molar-refractivity contribution in [3.05, 3.63) is 0 Å². The lowest BCUT2D eigenvalue weighted by Crippen LogP contribution is -2.34. The van der Waals surface area contributed by atoms with E-state index in [0.717, 1.165) is 19.5 Å². The van der Waals surface area contributed by atoms with Gasteiger partial charge in [-0.1, -0.05) is 12.8 Å². The van der Waals surface area contributed by atoms with Crippen LogP contribution < -0.4 is 16.8 Å². The van der Waals surface area contributed by atoms with Crippen LogP contribution >= 0.6 is 0 Å². The van der Waals surface area contributed by atoms with Crippen molar-refractivity contribution in [2.75, 3.05) is 19.6 Å². The van der Waals surface area contributed by atoms with E-state index < -0.39 is 0 Å². The number of unbranched alkanes of at least 4 members (excludes halogenated alkanes) is 2. The third-order valence-corrected chi connectivity index (χ3v) is 4.99. The molecule has 106 valence electrons. The van der Waals surface area contributed by atoms with Crippen molar-refractivity contribution >= 4 is 0 Å². The summed E-state index contributed by atoms with van der Waals surface area (Å²) in [5.74, 6) is 0. The molecular weight excluding hydrogens is 222 g/mol. The van der Waals surface area contributed by atoms with Gasteiger partial charge in [-0.2, -0.15) is 0 Å². The van der Waals surface area contributed by atoms with E-state index in [1.54, 1.807) is 0 Å². The SMILES string of the molecule is NCCC1(CCCCCNC2(CCN)CC2)CC1. The summed E-state index contributed by atoms with van der Waals surface area (Å²) in [6, 6.07) is 0. The third-order valence-electron chi connectivity index (χ3n) is 4.99. The fourth-order valence-electron chi connectivity index (χ4n) is 3.21. The Morgan fingerprint density at radius 1 is 0.778 bits per heavy atom.